The van der Waals surface area contributed by atoms with E-state index in [0.717, 1.165) is 33.4 Å². The molecule has 0 aromatic heterocycles. The molecule has 11 heteroatoms. The van der Waals surface area contributed by atoms with Gasteiger partial charge in [-0.1, -0.05) is 134 Å². The average molecular weight is 930 g/mol. The van der Waals surface area contributed by atoms with Crippen LogP contribution in [0.1, 0.15) is 95.7 Å². The molecule has 6 aromatic rings. The minimum Gasteiger partial charge on any atom is -0.386 e. The summed E-state index contributed by atoms with van der Waals surface area (Å²) in [4.78, 5) is 36.5. The molecule has 0 aliphatic heterocycles. The third-order valence-electron chi connectivity index (χ3n) is 12.1. The second-order valence-electron chi connectivity index (χ2n) is 18.6. The van der Waals surface area contributed by atoms with Crippen LogP contribution in [0.5, 0.6) is 17.2 Å². The molecule has 68 heavy (non-hydrogen) atoms. The van der Waals surface area contributed by atoms with Crippen LogP contribution in [0.25, 0.3) is 0 Å². The van der Waals surface area contributed by atoms with Crippen molar-refractivity contribution in [2.45, 2.75) is 78.6 Å². The van der Waals surface area contributed by atoms with Gasteiger partial charge in [0.1, 0.15) is 17.2 Å². The highest BCUT2D eigenvalue weighted by molar-refractivity contribution is 7.49. The van der Waals surface area contributed by atoms with E-state index in [4.69, 9.17) is 13.6 Å². The van der Waals surface area contributed by atoms with E-state index in [2.05, 4.69) is 77.2 Å². The Balaban J connectivity index is 1.24. The number of hydrogen-bond acceptors (Lipinski definition) is 7. The van der Waals surface area contributed by atoms with Gasteiger partial charge in [0.05, 0.1) is 0 Å². The van der Waals surface area contributed by atoms with Gasteiger partial charge in [0, 0.05) is 50.0 Å². The lowest BCUT2D eigenvalue weighted by molar-refractivity contribution is -0.113. The third kappa shape index (κ3) is 11.9. The molecule has 0 atom stereocenters. The first-order valence-electron chi connectivity index (χ1n) is 22.2. The van der Waals surface area contributed by atoms with Crippen LogP contribution in [0.2, 0.25) is 0 Å². The van der Waals surface area contributed by atoms with Gasteiger partial charge in [-0.2, -0.15) is 4.57 Å². The zero-order chi connectivity index (χ0) is 49.6. The SMILES string of the molecule is C=C(C)C(=O)Nc1ccc(C(C)(C)c2ccc(OP(=O)(Oc3ccc(C(C)(C)c4ccc(NC(=O)C(=C)C)cc4)cc3)Oc3ccc(C(C)(C)c4ccc(NC(=O)C(=C)C)cc4)cc3)cc2)cc1. The fourth-order valence-corrected chi connectivity index (χ4v) is 8.62. The summed E-state index contributed by atoms with van der Waals surface area (Å²) in [6.45, 7) is 28.7. The number of amides is 3. The smallest absolute Gasteiger partial charge is 0.386 e. The van der Waals surface area contributed by atoms with Gasteiger partial charge in [-0.05, 0) is 127 Å². The molecule has 10 nitrogen and oxygen atoms in total. The maximum Gasteiger partial charge on any atom is 0.647 e. The van der Waals surface area contributed by atoms with Gasteiger partial charge in [-0.3, -0.25) is 14.4 Å². The predicted octanol–water partition coefficient (Wildman–Crippen LogP) is 13.9. The van der Waals surface area contributed by atoms with Crippen LogP contribution in [0.3, 0.4) is 0 Å². The summed E-state index contributed by atoms with van der Waals surface area (Å²) in [6, 6.07) is 44.8. The Morgan fingerprint density at radius 3 is 0.721 bits per heavy atom. The molecule has 0 spiro atoms. The van der Waals surface area contributed by atoms with E-state index in [0.29, 0.717) is 33.8 Å². The second-order valence-corrected chi connectivity index (χ2v) is 20.0. The lowest BCUT2D eigenvalue weighted by Crippen LogP contribution is -2.19. The Labute approximate surface area is 400 Å². The monoisotopic (exact) mass is 929 g/mol. The van der Waals surface area contributed by atoms with Crippen LogP contribution in [0.4, 0.5) is 17.1 Å². The number of rotatable bonds is 18. The Hall–Kier alpha value is -7.42. The van der Waals surface area contributed by atoms with Crippen molar-refractivity contribution >= 4 is 42.6 Å². The lowest BCUT2D eigenvalue weighted by Gasteiger charge is -2.27. The highest BCUT2D eigenvalue weighted by atomic mass is 31.2. The second kappa shape index (κ2) is 20.2. The molecular weight excluding hydrogens is 870 g/mol. The van der Waals surface area contributed by atoms with E-state index in [1.807, 2.05) is 109 Å². The molecule has 0 aliphatic rings. The Bertz CT molecular complexity index is 2570. The van der Waals surface area contributed by atoms with Crippen molar-refractivity contribution in [3.8, 4) is 17.2 Å². The first-order valence-corrected chi connectivity index (χ1v) is 23.7. The van der Waals surface area contributed by atoms with Gasteiger partial charge in [-0.25, -0.2) is 0 Å². The van der Waals surface area contributed by atoms with Crippen molar-refractivity contribution in [3.05, 3.63) is 215 Å². The number of benzene rings is 6. The van der Waals surface area contributed by atoms with Crippen molar-refractivity contribution in [3.63, 3.8) is 0 Å². The molecule has 0 saturated heterocycles. The van der Waals surface area contributed by atoms with Crippen LogP contribution in [-0.4, -0.2) is 17.7 Å². The normalized spacial score (nSPS) is 11.7. The molecule has 6 aromatic carbocycles. The van der Waals surface area contributed by atoms with E-state index in [1.54, 1.807) is 57.2 Å². The van der Waals surface area contributed by atoms with Crippen molar-refractivity contribution in [2.24, 2.45) is 0 Å². The Morgan fingerprint density at radius 1 is 0.368 bits per heavy atom. The van der Waals surface area contributed by atoms with E-state index in [1.165, 1.54) is 0 Å². The highest BCUT2D eigenvalue weighted by Gasteiger charge is 2.35. The molecule has 6 rings (SSSR count). The number of anilines is 3. The molecule has 3 amide bonds. The van der Waals surface area contributed by atoms with E-state index < -0.39 is 24.1 Å². The van der Waals surface area contributed by atoms with Crippen molar-refractivity contribution in [1.29, 1.82) is 0 Å². The summed E-state index contributed by atoms with van der Waals surface area (Å²) in [5.41, 5.74) is 7.90. The molecule has 0 radical (unpaired) electrons. The number of carbonyl (C=O) groups excluding carboxylic acids is 3. The number of phosphoric acid groups is 1. The van der Waals surface area contributed by atoms with Crippen molar-refractivity contribution in [2.75, 3.05) is 16.0 Å². The topological polar surface area (TPSA) is 132 Å². The van der Waals surface area contributed by atoms with Gasteiger partial charge < -0.3 is 29.5 Å². The summed E-state index contributed by atoms with van der Waals surface area (Å²) in [7, 11) is -4.42. The highest BCUT2D eigenvalue weighted by Crippen LogP contribution is 2.51. The van der Waals surface area contributed by atoms with Crippen molar-refractivity contribution in [1.82, 2.24) is 0 Å². The number of hydrogen-bond donors (Lipinski definition) is 3. The quantitative estimate of drug-likeness (QED) is 0.0577. The maximum atomic E-state index is 14.9. The van der Waals surface area contributed by atoms with E-state index in [9.17, 15) is 18.9 Å². The fraction of sp³-hybridized carbons (Fsp3) is 0.211. The van der Waals surface area contributed by atoms with Crippen LogP contribution in [-0.2, 0) is 35.2 Å². The predicted molar refractivity (Wildman–Crippen MR) is 275 cm³/mol. The molecule has 0 aliphatic carbocycles. The standard InChI is InChI=1S/C57H60N3O7P/c1-37(2)52(61)58-46-25-13-40(14-26-46)55(7,8)43-19-31-49(32-20-43)65-68(64,66-50-33-21-44(22-34-50)56(9,10)41-15-27-47(28-16-41)59-53(62)38(3)4)67-51-35-23-45(24-36-51)57(11,12)42-17-29-48(30-18-42)60-54(63)39(5)6/h13-36H,1,3,5H2,2,4,6-12H3,(H,58,61)(H,59,62)(H,60,63). The Morgan fingerprint density at radius 2 is 0.544 bits per heavy atom. The summed E-state index contributed by atoms with van der Waals surface area (Å²) >= 11 is 0. The van der Waals surface area contributed by atoms with Crippen LogP contribution in [0.15, 0.2) is 182 Å². The van der Waals surface area contributed by atoms with E-state index >= 15 is 0 Å². The van der Waals surface area contributed by atoms with Gasteiger partial charge in [0.15, 0.2) is 0 Å². The molecule has 0 unspecified atom stereocenters. The first kappa shape index (κ1) is 50.0. The van der Waals surface area contributed by atoms with Gasteiger partial charge in [0.25, 0.3) is 17.7 Å². The van der Waals surface area contributed by atoms with Gasteiger partial charge in [0.2, 0.25) is 0 Å². The molecule has 0 heterocycles. The third-order valence-corrected chi connectivity index (χ3v) is 13.4. The van der Waals surface area contributed by atoms with E-state index in [-0.39, 0.29) is 35.0 Å². The molecular formula is C57H60N3O7P. The minimum atomic E-state index is -4.42. The Kier molecular flexibility index (Phi) is 14.9. The lowest BCUT2D eigenvalue weighted by atomic mass is 9.78. The minimum absolute atomic E-state index is 0.239. The largest absolute Gasteiger partial charge is 0.647 e. The van der Waals surface area contributed by atoms with Crippen LogP contribution < -0.4 is 29.5 Å². The molecule has 3 N–H and O–H groups in total. The van der Waals surface area contributed by atoms with Crippen molar-refractivity contribution < 1.29 is 32.5 Å². The fourth-order valence-electron chi connectivity index (χ4n) is 7.36. The van der Waals surface area contributed by atoms with Crippen LogP contribution in [0, 0.1) is 0 Å². The molecule has 0 saturated carbocycles. The van der Waals surface area contributed by atoms with Gasteiger partial charge in [-0.15, -0.1) is 0 Å². The van der Waals surface area contributed by atoms with Crippen LogP contribution >= 0.6 is 7.82 Å². The number of carbonyl (C=O) groups is 3. The maximum absolute atomic E-state index is 14.9. The zero-order valence-corrected chi connectivity index (χ0v) is 41.2. The summed E-state index contributed by atoms with van der Waals surface area (Å²) in [6.07, 6.45) is 0. The van der Waals surface area contributed by atoms with Gasteiger partial charge >= 0.3 is 7.82 Å². The molecule has 0 bridgehead atoms. The summed E-state index contributed by atoms with van der Waals surface area (Å²) in [5.74, 6) is 0.0949. The molecule has 0 fully saturated rings. The zero-order valence-electron chi connectivity index (χ0n) is 40.3. The number of phosphoric ester groups is 1. The average Bonchev–Trinajstić information content (AvgIpc) is 3.30. The number of nitrogens with one attached hydrogen (secondary N) is 3. The summed E-state index contributed by atoms with van der Waals surface area (Å²) in [5, 5.41) is 8.53. The first-order chi connectivity index (χ1) is 32.0. The summed E-state index contributed by atoms with van der Waals surface area (Å²) < 4.78 is 33.5. The molecule has 350 valence electrons.